The monoisotopic (exact) mass is 242 g/mol. The second-order valence-electron chi connectivity index (χ2n) is 5.29. The molecule has 1 N–H and O–H groups in total. The van der Waals surface area contributed by atoms with Gasteiger partial charge in [0.1, 0.15) is 18.0 Å². The Balaban J connectivity index is 3.22. The summed E-state index contributed by atoms with van der Waals surface area (Å²) in [6.07, 6.45) is -0.309. The van der Waals surface area contributed by atoms with Gasteiger partial charge in [0.2, 0.25) is 0 Å². The molecule has 1 aliphatic rings. The zero-order chi connectivity index (χ0) is 12.8. The van der Waals surface area contributed by atoms with Crippen molar-refractivity contribution in [2.24, 2.45) is 5.41 Å². The Morgan fingerprint density at radius 2 is 1.69 bits per heavy atom. The molecular weight excluding hydrogens is 224 g/mol. The fraction of sp³-hybridized carbons (Fsp3) is 1.00. The summed E-state index contributed by atoms with van der Waals surface area (Å²) in [7, 11) is 0. The van der Waals surface area contributed by atoms with Crippen LogP contribution in [0.15, 0.2) is 0 Å². The van der Waals surface area contributed by atoms with Crippen molar-refractivity contribution in [1.82, 2.24) is 0 Å². The summed E-state index contributed by atoms with van der Waals surface area (Å²) in [6, 6.07) is 0. The third-order valence-electron chi connectivity index (χ3n) is 4.56. The van der Waals surface area contributed by atoms with Gasteiger partial charge in [0.15, 0.2) is 5.67 Å². The molecule has 1 rings (SSSR count). The molecule has 1 aliphatic carbocycles. The maximum absolute atomic E-state index is 14.4. The highest BCUT2D eigenvalue weighted by Crippen LogP contribution is 2.61. The zero-order valence-corrected chi connectivity index (χ0v) is 9.79. The first-order valence-corrected chi connectivity index (χ1v) is 5.31. The fourth-order valence-electron chi connectivity index (χ4n) is 2.54. The average Bonchev–Trinajstić information content (AvgIpc) is 2.39. The summed E-state index contributed by atoms with van der Waals surface area (Å²) < 4.78 is 55.2. The second kappa shape index (κ2) is 3.59. The van der Waals surface area contributed by atoms with Crippen molar-refractivity contribution >= 4 is 0 Å². The lowest BCUT2D eigenvalue weighted by atomic mass is 9.65. The SMILES string of the molecule is CC1(F)CCC(C)(C(F)(CO)CF)C1(C)F. The Kier molecular flexibility index (Phi) is 3.08. The molecule has 1 saturated carbocycles. The molecular formula is C11H18F4O. The maximum Gasteiger partial charge on any atom is 0.170 e. The third kappa shape index (κ3) is 1.40. The van der Waals surface area contributed by atoms with Crippen molar-refractivity contribution in [3.05, 3.63) is 0 Å². The van der Waals surface area contributed by atoms with Gasteiger partial charge in [-0.1, -0.05) is 6.92 Å². The molecule has 1 nitrogen and oxygen atoms in total. The topological polar surface area (TPSA) is 20.2 Å². The summed E-state index contributed by atoms with van der Waals surface area (Å²) in [4.78, 5) is 0. The molecule has 96 valence electrons. The highest BCUT2D eigenvalue weighted by molar-refractivity contribution is 5.18. The molecule has 1 fully saturated rings. The Morgan fingerprint density at radius 3 is 1.94 bits per heavy atom. The van der Waals surface area contributed by atoms with Gasteiger partial charge in [0.25, 0.3) is 0 Å². The van der Waals surface area contributed by atoms with Gasteiger partial charge in [0, 0.05) is 5.41 Å². The first kappa shape index (κ1) is 13.7. The van der Waals surface area contributed by atoms with Crippen molar-refractivity contribution in [2.45, 2.75) is 50.6 Å². The summed E-state index contributed by atoms with van der Waals surface area (Å²) >= 11 is 0. The average molecular weight is 242 g/mol. The first-order chi connectivity index (χ1) is 7.08. The maximum atomic E-state index is 14.4. The van der Waals surface area contributed by atoms with E-state index in [-0.39, 0.29) is 12.8 Å². The number of alkyl halides is 4. The predicted octanol–water partition coefficient (Wildman–Crippen LogP) is 2.91. The van der Waals surface area contributed by atoms with Crippen LogP contribution in [0.4, 0.5) is 17.6 Å². The zero-order valence-electron chi connectivity index (χ0n) is 9.79. The second-order valence-corrected chi connectivity index (χ2v) is 5.29. The van der Waals surface area contributed by atoms with E-state index in [4.69, 9.17) is 5.11 Å². The highest BCUT2D eigenvalue weighted by atomic mass is 19.2. The van der Waals surface area contributed by atoms with E-state index in [1.165, 1.54) is 0 Å². The number of rotatable bonds is 3. The van der Waals surface area contributed by atoms with Gasteiger partial charge in [-0.2, -0.15) is 0 Å². The molecule has 4 unspecified atom stereocenters. The minimum absolute atomic E-state index is 0.131. The molecule has 0 aromatic carbocycles. The van der Waals surface area contributed by atoms with E-state index < -0.39 is 35.7 Å². The van der Waals surface area contributed by atoms with Crippen molar-refractivity contribution in [1.29, 1.82) is 0 Å². The first-order valence-electron chi connectivity index (χ1n) is 5.31. The lowest BCUT2D eigenvalue weighted by Gasteiger charge is -2.46. The van der Waals surface area contributed by atoms with Crippen LogP contribution in [0.3, 0.4) is 0 Å². The van der Waals surface area contributed by atoms with E-state index >= 15 is 0 Å². The van der Waals surface area contributed by atoms with Gasteiger partial charge < -0.3 is 5.11 Å². The van der Waals surface area contributed by atoms with Crippen LogP contribution in [0.5, 0.6) is 0 Å². The smallest absolute Gasteiger partial charge is 0.170 e. The van der Waals surface area contributed by atoms with Crippen LogP contribution in [0.25, 0.3) is 0 Å². The number of aliphatic hydroxyl groups excluding tert-OH is 1. The Bertz CT molecular complexity index is 273. The molecule has 0 heterocycles. The molecule has 0 aliphatic heterocycles. The van der Waals surface area contributed by atoms with E-state index in [2.05, 4.69) is 0 Å². The molecule has 5 heteroatoms. The van der Waals surface area contributed by atoms with Crippen LogP contribution in [0.1, 0.15) is 33.6 Å². The summed E-state index contributed by atoms with van der Waals surface area (Å²) in [6.45, 7) is 0.493. The van der Waals surface area contributed by atoms with Crippen LogP contribution < -0.4 is 0 Å². The largest absolute Gasteiger partial charge is 0.393 e. The minimum atomic E-state index is -2.74. The van der Waals surface area contributed by atoms with Crippen molar-refractivity contribution in [3.63, 3.8) is 0 Å². The molecule has 0 aromatic heterocycles. The Hall–Kier alpha value is -0.320. The number of halogens is 4. The highest BCUT2D eigenvalue weighted by Gasteiger charge is 2.71. The molecule has 0 radical (unpaired) electrons. The number of hydrogen-bond donors (Lipinski definition) is 1. The van der Waals surface area contributed by atoms with E-state index in [9.17, 15) is 17.6 Å². The molecule has 0 amide bonds. The van der Waals surface area contributed by atoms with Gasteiger partial charge in [-0.05, 0) is 26.7 Å². The van der Waals surface area contributed by atoms with Crippen molar-refractivity contribution in [3.8, 4) is 0 Å². The van der Waals surface area contributed by atoms with Crippen LogP contribution in [-0.2, 0) is 0 Å². The minimum Gasteiger partial charge on any atom is -0.393 e. The molecule has 0 saturated heterocycles. The van der Waals surface area contributed by atoms with E-state index in [1.807, 2.05) is 0 Å². The third-order valence-corrected chi connectivity index (χ3v) is 4.56. The normalized spacial score (nSPS) is 48.0. The number of aliphatic hydroxyl groups is 1. The lowest BCUT2D eigenvalue weighted by molar-refractivity contribution is -0.149. The molecule has 16 heavy (non-hydrogen) atoms. The van der Waals surface area contributed by atoms with Crippen molar-refractivity contribution in [2.75, 3.05) is 13.3 Å². The van der Waals surface area contributed by atoms with Gasteiger partial charge in [-0.3, -0.25) is 0 Å². The van der Waals surface area contributed by atoms with Gasteiger partial charge in [0.05, 0.1) is 6.61 Å². The summed E-state index contributed by atoms with van der Waals surface area (Å²) in [5, 5.41) is 8.91. The van der Waals surface area contributed by atoms with Crippen molar-refractivity contribution < 1.29 is 22.7 Å². The molecule has 0 aromatic rings. The van der Waals surface area contributed by atoms with Crippen LogP contribution in [0.2, 0.25) is 0 Å². The summed E-state index contributed by atoms with van der Waals surface area (Å²) in [5.41, 5.74) is -9.31. The quantitative estimate of drug-likeness (QED) is 0.754. The van der Waals surface area contributed by atoms with E-state index in [1.54, 1.807) is 0 Å². The van der Waals surface area contributed by atoms with Gasteiger partial charge in [-0.25, -0.2) is 17.6 Å². The Morgan fingerprint density at radius 1 is 1.19 bits per heavy atom. The molecule has 4 atom stereocenters. The van der Waals surface area contributed by atoms with Crippen LogP contribution in [-0.4, -0.2) is 35.4 Å². The van der Waals surface area contributed by atoms with E-state index in [0.29, 0.717) is 0 Å². The molecule has 0 bridgehead atoms. The Labute approximate surface area is 92.8 Å². The predicted molar refractivity (Wildman–Crippen MR) is 53.3 cm³/mol. The fourth-order valence-corrected chi connectivity index (χ4v) is 2.54. The van der Waals surface area contributed by atoms with Crippen LogP contribution >= 0.6 is 0 Å². The standard InChI is InChI=1S/C11H18F4O/c1-8(11(15,6-12)7-16)4-5-9(2,13)10(8,3)14/h16H,4-7H2,1-3H3. The number of hydrogen-bond acceptors (Lipinski definition) is 1. The van der Waals surface area contributed by atoms with E-state index in [0.717, 1.165) is 20.8 Å². The summed E-state index contributed by atoms with van der Waals surface area (Å²) in [5.74, 6) is 0. The molecule has 0 spiro atoms. The van der Waals surface area contributed by atoms with Crippen LogP contribution in [0, 0.1) is 5.41 Å². The van der Waals surface area contributed by atoms with Gasteiger partial charge in [-0.15, -0.1) is 0 Å². The van der Waals surface area contributed by atoms with Gasteiger partial charge >= 0.3 is 0 Å². The lowest BCUT2D eigenvalue weighted by Crippen LogP contribution is -2.59.